The summed E-state index contributed by atoms with van der Waals surface area (Å²) in [5, 5.41) is 2.88. The molecule has 4 rings (SSSR count). The lowest BCUT2D eigenvalue weighted by Crippen LogP contribution is -2.42. The molecular formula is C22H25N3O4S. The van der Waals surface area contributed by atoms with E-state index in [0.29, 0.717) is 37.3 Å². The van der Waals surface area contributed by atoms with Crippen LogP contribution in [0.5, 0.6) is 0 Å². The van der Waals surface area contributed by atoms with Gasteiger partial charge in [-0.25, -0.2) is 8.42 Å². The van der Waals surface area contributed by atoms with E-state index in [4.69, 9.17) is 0 Å². The van der Waals surface area contributed by atoms with E-state index < -0.39 is 10.0 Å². The molecule has 2 fully saturated rings. The molecule has 30 heavy (non-hydrogen) atoms. The first-order chi connectivity index (χ1) is 14.4. The van der Waals surface area contributed by atoms with E-state index in [1.54, 1.807) is 42.5 Å². The van der Waals surface area contributed by atoms with E-state index >= 15 is 0 Å². The molecule has 1 saturated carbocycles. The summed E-state index contributed by atoms with van der Waals surface area (Å²) in [6, 6.07) is 14.8. The van der Waals surface area contributed by atoms with Crippen molar-refractivity contribution < 1.29 is 18.0 Å². The largest absolute Gasteiger partial charge is 0.342 e. The summed E-state index contributed by atoms with van der Waals surface area (Å²) >= 11 is 0. The van der Waals surface area contributed by atoms with E-state index in [9.17, 15) is 18.0 Å². The van der Waals surface area contributed by atoms with Gasteiger partial charge in [0.05, 0.1) is 10.6 Å². The van der Waals surface area contributed by atoms with Crippen LogP contribution in [0.2, 0.25) is 0 Å². The summed E-state index contributed by atoms with van der Waals surface area (Å²) in [5.41, 5.74) is 0.909. The van der Waals surface area contributed by atoms with Crippen LogP contribution in [0.15, 0.2) is 59.5 Å². The van der Waals surface area contributed by atoms with Crippen LogP contribution in [0.3, 0.4) is 0 Å². The predicted molar refractivity (Wildman–Crippen MR) is 114 cm³/mol. The second-order valence-electron chi connectivity index (χ2n) is 7.86. The van der Waals surface area contributed by atoms with Crippen LogP contribution in [0, 0.1) is 11.8 Å². The van der Waals surface area contributed by atoms with Crippen molar-refractivity contribution in [2.75, 3.05) is 23.1 Å². The van der Waals surface area contributed by atoms with Crippen molar-refractivity contribution in [2.45, 2.75) is 30.6 Å². The van der Waals surface area contributed by atoms with Crippen molar-refractivity contribution >= 4 is 33.2 Å². The van der Waals surface area contributed by atoms with Gasteiger partial charge in [-0.05, 0) is 56.0 Å². The Bertz CT molecular complexity index is 1030. The Balaban J connectivity index is 1.35. The van der Waals surface area contributed by atoms with Crippen molar-refractivity contribution in [3.05, 3.63) is 54.6 Å². The van der Waals surface area contributed by atoms with Crippen molar-refractivity contribution in [3.63, 3.8) is 0 Å². The summed E-state index contributed by atoms with van der Waals surface area (Å²) in [6.07, 6.45) is 3.27. The van der Waals surface area contributed by atoms with Crippen LogP contribution in [0.25, 0.3) is 0 Å². The quantitative estimate of drug-likeness (QED) is 0.741. The summed E-state index contributed by atoms with van der Waals surface area (Å²) in [5.74, 6) is 0.180. The fraction of sp³-hybridized carbons (Fsp3) is 0.364. The second-order valence-corrected chi connectivity index (χ2v) is 9.54. The molecule has 0 atom stereocenters. The Labute approximate surface area is 176 Å². The highest BCUT2D eigenvalue weighted by molar-refractivity contribution is 7.92. The van der Waals surface area contributed by atoms with Gasteiger partial charge in [-0.3, -0.25) is 14.3 Å². The van der Waals surface area contributed by atoms with Crippen LogP contribution in [-0.2, 0) is 19.6 Å². The molecule has 2 N–H and O–H groups in total. The predicted octanol–water partition coefficient (Wildman–Crippen LogP) is 3.07. The lowest BCUT2D eigenvalue weighted by Gasteiger charge is -2.31. The molecule has 1 aliphatic heterocycles. The van der Waals surface area contributed by atoms with Crippen molar-refractivity contribution in [3.8, 4) is 0 Å². The van der Waals surface area contributed by atoms with Crippen molar-refractivity contribution in [1.29, 1.82) is 0 Å². The zero-order valence-corrected chi connectivity index (χ0v) is 17.4. The van der Waals surface area contributed by atoms with Gasteiger partial charge in [-0.2, -0.15) is 0 Å². The molecule has 2 aromatic carbocycles. The summed E-state index contributed by atoms with van der Waals surface area (Å²) in [4.78, 5) is 26.9. The molecule has 0 bridgehead atoms. The van der Waals surface area contributed by atoms with Crippen molar-refractivity contribution in [1.82, 2.24) is 4.90 Å². The molecule has 1 aliphatic carbocycles. The van der Waals surface area contributed by atoms with Gasteiger partial charge in [0.2, 0.25) is 11.8 Å². The van der Waals surface area contributed by atoms with Crippen LogP contribution in [-0.4, -0.2) is 38.2 Å². The molecule has 8 heteroatoms. The number of piperidine rings is 1. The molecule has 0 spiro atoms. The average molecular weight is 428 g/mol. The van der Waals surface area contributed by atoms with Gasteiger partial charge < -0.3 is 10.2 Å². The molecular weight excluding hydrogens is 402 g/mol. The van der Waals surface area contributed by atoms with Crippen LogP contribution >= 0.6 is 0 Å². The number of nitrogens with zero attached hydrogens (tertiary/aromatic N) is 1. The number of benzene rings is 2. The smallest absolute Gasteiger partial charge is 0.261 e. The minimum atomic E-state index is -3.70. The number of amides is 2. The van der Waals surface area contributed by atoms with Gasteiger partial charge in [-0.1, -0.05) is 24.3 Å². The minimum Gasteiger partial charge on any atom is -0.342 e. The van der Waals surface area contributed by atoms with Gasteiger partial charge in [0.25, 0.3) is 10.0 Å². The number of likely N-dealkylation sites (tertiary alicyclic amines) is 1. The Hall–Kier alpha value is -2.87. The Morgan fingerprint density at radius 2 is 1.50 bits per heavy atom. The van der Waals surface area contributed by atoms with Gasteiger partial charge in [0.1, 0.15) is 0 Å². The lowest BCUT2D eigenvalue weighted by atomic mass is 9.95. The van der Waals surface area contributed by atoms with Gasteiger partial charge in [0, 0.05) is 30.6 Å². The molecule has 1 saturated heterocycles. The number of sulfonamides is 1. The standard InChI is InChI=1S/C22H25N3O4S/c26-21(16-11-13-25(14-12-16)22(27)17-9-10-17)23-18-5-4-6-19(15-18)24-30(28,29)20-7-2-1-3-8-20/h1-8,15-17,24H,9-14H2,(H,23,26). The molecule has 1 heterocycles. The molecule has 0 aromatic heterocycles. The van der Waals surface area contributed by atoms with E-state index in [1.165, 1.54) is 12.1 Å². The zero-order chi connectivity index (χ0) is 21.1. The number of carbonyl (C=O) groups is 2. The Morgan fingerprint density at radius 1 is 0.833 bits per heavy atom. The third kappa shape index (κ3) is 4.81. The molecule has 2 amide bonds. The summed E-state index contributed by atoms with van der Waals surface area (Å²) in [7, 11) is -3.70. The van der Waals surface area contributed by atoms with E-state index in [1.807, 2.05) is 4.90 Å². The highest BCUT2D eigenvalue weighted by Gasteiger charge is 2.36. The monoisotopic (exact) mass is 427 g/mol. The van der Waals surface area contributed by atoms with E-state index in [-0.39, 0.29) is 28.5 Å². The third-order valence-electron chi connectivity index (χ3n) is 5.54. The first-order valence-corrected chi connectivity index (χ1v) is 11.7. The zero-order valence-electron chi connectivity index (χ0n) is 16.6. The molecule has 0 unspecified atom stereocenters. The summed E-state index contributed by atoms with van der Waals surface area (Å²) < 4.78 is 27.5. The first-order valence-electron chi connectivity index (χ1n) is 10.2. The molecule has 7 nitrogen and oxygen atoms in total. The molecule has 2 aromatic rings. The van der Waals surface area contributed by atoms with Gasteiger partial charge in [-0.15, -0.1) is 0 Å². The first kappa shape index (κ1) is 20.4. The second kappa shape index (κ2) is 8.47. The third-order valence-corrected chi connectivity index (χ3v) is 6.94. The fourth-order valence-electron chi connectivity index (χ4n) is 3.67. The lowest BCUT2D eigenvalue weighted by molar-refractivity contribution is -0.135. The maximum atomic E-state index is 12.7. The Morgan fingerprint density at radius 3 is 2.17 bits per heavy atom. The van der Waals surface area contributed by atoms with Crippen LogP contribution in [0.4, 0.5) is 11.4 Å². The maximum absolute atomic E-state index is 12.7. The minimum absolute atomic E-state index is 0.100. The van der Waals surface area contributed by atoms with Gasteiger partial charge >= 0.3 is 0 Å². The molecule has 0 radical (unpaired) electrons. The van der Waals surface area contributed by atoms with Crippen molar-refractivity contribution in [2.24, 2.45) is 11.8 Å². The number of rotatable bonds is 6. The molecule has 2 aliphatic rings. The number of nitrogens with one attached hydrogen (secondary N) is 2. The SMILES string of the molecule is O=C(Nc1cccc(NS(=O)(=O)c2ccccc2)c1)C1CCN(C(=O)C2CC2)CC1. The molecule has 158 valence electrons. The number of hydrogen-bond acceptors (Lipinski definition) is 4. The fourth-order valence-corrected chi connectivity index (χ4v) is 4.74. The normalized spacial score (nSPS) is 17.4. The highest BCUT2D eigenvalue weighted by Crippen LogP contribution is 2.32. The summed E-state index contributed by atoms with van der Waals surface area (Å²) in [6.45, 7) is 1.23. The average Bonchev–Trinajstić information content (AvgIpc) is 3.59. The maximum Gasteiger partial charge on any atom is 0.261 e. The van der Waals surface area contributed by atoms with Crippen LogP contribution in [0.1, 0.15) is 25.7 Å². The van der Waals surface area contributed by atoms with E-state index in [2.05, 4.69) is 10.0 Å². The number of carbonyl (C=O) groups excluding carboxylic acids is 2. The van der Waals surface area contributed by atoms with Gasteiger partial charge in [0.15, 0.2) is 0 Å². The topological polar surface area (TPSA) is 95.6 Å². The van der Waals surface area contributed by atoms with E-state index in [0.717, 1.165) is 12.8 Å². The van der Waals surface area contributed by atoms with Crippen LogP contribution < -0.4 is 10.0 Å². The Kier molecular flexibility index (Phi) is 5.76. The number of hydrogen-bond donors (Lipinski definition) is 2. The number of anilines is 2. The highest BCUT2D eigenvalue weighted by atomic mass is 32.2.